The van der Waals surface area contributed by atoms with Crippen LogP contribution >= 0.6 is 0 Å². The molecule has 1 aromatic carbocycles. The van der Waals surface area contributed by atoms with E-state index >= 15 is 0 Å². The Morgan fingerprint density at radius 1 is 1.46 bits per heavy atom. The van der Waals surface area contributed by atoms with Crippen molar-refractivity contribution in [2.45, 2.75) is 30.1 Å². The van der Waals surface area contributed by atoms with Crippen LogP contribution in [0.3, 0.4) is 0 Å². The summed E-state index contributed by atoms with van der Waals surface area (Å²) in [5.74, 6) is -0.00851. The van der Waals surface area contributed by atoms with Crippen LogP contribution in [0.1, 0.15) is 18.1 Å². The quantitative estimate of drug-likeness (QED) is 0.729. The number of nitriles is 1. The van der Waals surface area contributed by atoms with Crippen molar-refractivity contribution >= 4 is 16.7 Å². The second kappa shape index (κ2) is 4.83. The van der Waals surface area contributed by atoms with E-state index < -0.39 is 33.9 Å². The zero-order valence-corrected chi connectivity index (χ0v) is 13.4. The molecule has 3 heterocycles. The van der Waals surface area contributed by atoms with Crippen molar-refractivity contribution in [3.05, 3.63) is 41.5 Å². The molecule has 1 unspecified atom stereocenters. The molecule has 4 nitrogen and oxygen atoms in total. The number of fused-ring (bicyclic) bond motifs is 5. The summed E-state index contributed by atoms with van der Waals surface area (Å²) in [6.45, 7) is 2.22. The van der Waals surface area contributed by atoms with E-state index in [0.717, 1.165) is 12.1 Å². The minimum atomic E-state index is -4.63. The molecule has 4 rings (SSSR count). The van der Waals surface area contributed by atoms with E-state index in [1.165, 1.54) is 10.4 Å². The second-order valence-corrected chi connectivity index (χ2v) is 7.89. The maximum atomic E-state index is 13.1. The highest BCUT2D eigenvalue weighted by molar-refractivity contribution is 7.87. The van der Waals surface area contributed by atoms with Gasteiger partial charge in [0.15, 0.2) is 0 Å². The number of alkyl halides is 3. The minimum absolute atomic E-state index is 0.00851. The number of rotatable bonds is 1. The lowest BCUT2D eigenvalue weighted by Gasteiger charge is -2.26. The van der Waals surface area contributed by atoms with E-state index in [1.807, 2.05) is 19.1 Å². The van der Waals surface area contributed by atoms with Crippen molar-refractivity contribution < 1.29 is 22.1 Å². The van der Waals surface area contributed by atoms with E-state index in [0.29, 0.717) is 6.54 Å². The summed E-state index contributed by atoms with van der Waals surface area (Å²) < 4.78 is 59.7. The first-order valence-electron chi connectivity index (χ1n) is 7.41. The molecule has 3 aliphatic heterocycles. The molecule has 2 saturated heterocycles. The number of hydrogen-bond donors (Lipinski definition) is 0. The van der Waals surface area contributed by atoms with E-state index in [9.17, 15) is 17.4 Å². The Balaban J connectivity index is 1.72. The third-order valence-electron chi connectivity index (χ3n) is 4.91. The van der Waals surface area contributed by atoms with Crippen LogP contribution in [0.15, 0.2) is 30.4 Å². The lowest BCUT2D eigenvalue weighted by Crippen LogP contribution is -2.39. The van der Waals surface area contributed by atoms with Gasteiger partial charge in [0, 0.05) is 18.2 Å². The van der Waals surface area contributed by atoms with Crippen LogP contribution in [0, 0.1) is 17.2 Å². The van der Waals surface area contributed by atoms with Gasteiger partial charge in [-0.1, -0.05) is 12.2 Å². The molecule has 0 N–H and O–H groups in total. The smallest absolute Gasteiger partial charge is 0.362 e. The zero-order chi connectivity index (χ0) is 17.3. The van der Waals surface area contributed by atoms with Crippen LogP contribution in [-0.2, 0) is 21.9 Å². The first-order valence-corrected chi connectivity index (χ1v) is 8.58. The monoisotopic (exact) mass is 354 g/mol. The van der Waals surface area contributed by atoms with Crippen molar-refractivity contribution in [1.29, 1.82) is 5.26 Å². The molecule has 0 aromatic heterocycles. The fourth-order valence-electron chi connectivity index (χ4n) is 3.83. The molecule has 0 spiro atoms. The fourth-order valence-corrected chi connectivity index (χ4v) is 5.82. The summed E-state index contributed by atoms with van der Waals surface area (Å²) in [4.78, 5) is 0. The second-order valence-electron chi connectivity index (χ2n) is 6.39. The fraction of sp³-hybridized carbons (Fsp3) is 0.438. The number of hydrogen-bond acceptors (Lipinski definition) is 3. The number of anilines is 1. The first kappa shape index (κ1) is 15.7. The van der Waals surface area contributed by atoms with Crippen LogP contribution in [0.25, 0.3) is 0 Å². The Hall–Kier alpha value is -1.85. The average Bonchev–Trinajstić information content (AvgIpc) is 3.15. The third-order valence-corrected chi connectivity index (χ3v) is 6.96. The van der Waals surface area contributed by atoms with Gasteiger partial charge >= 0.3 is 6.18 Å². The summed E-state index contributed by atoms with van der Waals surface area (Å²) in [5.41, 5.74) is -1.85. The largest absolute Gasteiger partial charge is 0.417 e. The Kier molecular flexibility index (Phi) is 3.15. The highest BCUT2D eigenvalue weighted by atomic mass is 32.2. The molecular weight excluding hydrogens is 341 g/mol. The summed E-state index contributed by atoms with van der Waals surface area (Å²) in [6, 6.07) is 5.02. The van der Waals surface area contributed by atoms with Gasteiger partial charge in [0.05, 0.1) is 28.6 Å². The lowest BCUT2D eigenvalue weighted by atomic mass is 9.87. The molecule has 3 aliphatic rings. The number of benzene rings is 1. The van der Waals surface area contributed by atoms with Gasteiger partial charge in [-0.25, -0.2) is 4.21 Å². The minimum Gasteiger partial charge on any atom is -0.362 e. The Bertz CT molecular complexity index is 817. The number of halogens is 3. The standard InChI is InChI=1S/C16H13F3N2O2S/c1-15-5-4-13(23-15)11-8-21(24(22)14(11)15)10-3-2-9(7-20)12(6-10)16(17,18)19/h2-6,11,13-14H,8H2,1H3/t11-,13+,14-,15-,24?/m0/s1. The maximum absolute atomic E-state index is 13.1. The molecule has 0 radical (unpaired) electrons. The highest BCUT2D eigenvalue weighted by Gasteiger charge is 2.61. The van der Waals surface area contributed by atoms with E-state index in [-0.39, 0.29) is 23.0 Å². The zero-order valence-electron chi connectivity index (χ0n) is 12.6. The summed E-state index contributed by atoms with van der Waals surface area (Å²) in [6.07, 6.45) is -0.954. The summed E-state index contributed by atoms with van der Waals surface area (Å²) >= 11 is 0. The first-order chi connectivity index (χ1) is 11.2. The Labute approximate surface area is 139 Å². The lowest BCUT2D eigenvalue weighted by molar-refractivity contribution is -0.137. The molecule has 0 amide bonds. The molecule has 2 fully saturated rings. The highest BCUT2D eigenvalue weighted by Crippen LogP contribution is 2.50. The van der Waals surface area contributed by atoms with Gasteiger partial charge in [-0.3, -0.25) is 4.31 Å². The van der Waals surface area contributed by atoms with Crippen LogP contribution in [-0.4, -0.2) is 27.7 Å². The molecule has 24 heavy (non-hydrogen) atoms. The molecule has 0 saturated carbocycles. The van der Waals surface area contributed by atoms with Crippen LogP contribution in [0.2, 0.25) is 0 Å². The third kappa shape index (κ3) is 2.04. The normalized spacial score (nSPS) is 36.9. The number of nitrogens with zero attached hydrogens (tertiary/aromatic N) is 2. The van der Waals surface area contributed by atoms with E-state index in [2.05, 4.69) is 0 Å². The van der Waals surface area contributed by atoms with Crippen molar-refractivity contribution in [3.63, 3.8) is 0 Å². The van der Waals surface area contributed by atoms with E-state index in [4.69, 9.17) is 10.00 Å². The topological polar surface area (TPSA) is 53.3 Å². The SMILES string of the molecule is C[C@@]12C=C[C@@H](O1)[C@@H]1CN(c3ccc(C#N)c(C(F)(F)F)c3)S(=O)[C@@H]12. The van der Waals surface area contributed by atoms with Gasteiger partial charge in [-0.05, 0) is 25.1 Å². The summed E-state index contributed by atoms with van der Waals surface area (Å²) in [7, 11) is -1.49. The van der Waals surface area contributed by atoms with Crippen LogP contribution in [0.5, 0.6) is 0 Å². The van der Waals surface area contributed by atoms with Gasteiger partial charge in [0.2, 0.25) is 0 Å². The molecule has 126 valence electrons. The van der Waals surface area contributed by atoms with Gasteiger partial charge in [-0.2, -0.15) is 18.4 Å². The molecule has 0 aliphatic carbocycles. The predicted octanol–water partition coefficient (Wildman–Crippen LogP) is 2.77. The number of ether oxygens (including phenoxy) is 1. The molecular formula is C16H13F3N2O2S. The van der Waals surface area contributed by atoms with Crippen molar-refractivity contribution in [2.75, 3.05) is 10.8 Å². The van der Waals surface area contributed by atoms with Gasteiger partial charge in [0.25, 0.3) is 0 Å². The van der Waals surface area contributed by atoms with E-state index in [1.54, 1.807) is 6.07 Å². The molecule has 2 bridgehead atoms. The Morgan fingerprint density at radius 3 is 2.83 bits per heavy atom. The Morgan fingerprint density at radius 2 is 2.21 bits per heavy atom. The van der Waals surface area contributed by atoms with Crippen molar-refractivity contribution in [2.24, 2.45) is 5.92 Å². The molecule has 8 heteroatoms. The van der Waals surface area contributed by atoms with Gasteiger partial charge < -0.3 is 4.74 Å². The summed E-state index contributed by atoms with van der Waals surface area (Å²) in [5, 5.41) is 8.62. The van der Waals surface area contributed by atoms with Gasteiger partial charge in [-0.15, -0.1) is 0 Å². The van der Waals surface area contributed by atoms with Crippen molar-refractivity contribution in [1.82, 2.24) is 0 Å². The van der Waals surface area contributed by atoms with Crippen molar-refractivity contribution in [3.8, 4) is 6.07 Å². The van der Waals surface area contributed by atoms with Crippen LogP contribution in [0.4, 0.5) is 18.9 Å². The molecule has 5 atom stereocenters. The van der Waals surface area contributed by atoms with Crippen LogP contribution < -0.4 is 4.31 Å². The average molecular weight is 354 g/mol. The maximum Gasteiger partial charge on any atom is 0.417 e. The predicted molar refractivity (Wildman–Crippen MR) is 81.3 cm³/mol. The molecule has 1 aromatic rings. The van der Waals surface area contributed by atoms with Gasteiger partial charge in [0.1, 0.15) is 16.6 Å².